The van der Waals surface area contributed by atoms with Crippen LogP contribution in [0.5, 0.6) is 0 Å². The van der Waals surface area contributed by atoms with Gasteiger partial charge in [-0.3, -0.25) is 9.59 Å². The topological polar surface area (TPSA) is 58.6 Å². The van der Waals surface area contributed by atoms with Crippen LogP contribution in [0.2, 0.25) is 10.0 Å². The maximum atomic E-state index is 12.9. The second-order valence-corrected chi connectivity index (χ2v) is 8.62. The summed E-state index contributed by atoms with van der Waals surface area (Å²) in [5.41, 5.74) is 0.913. The van der Waals surface area contributed by atoms with E-state index in [0.29, 0.717) is 21.3 Å². The SMILES string of the molecule is CN(CC(=O)Nc1c(Cl)cccc1Cl)C(=O)c1ccccc1SCC1CCCO1. The number of nitrogens with one attached hydrogen (secondary N) is 1. The number of para-hydroxylation sites is 1. The Labute approximate surface area is 184 Å². The first-order chi connectivity index (χ1) is 14.0. The van der Waals surface area contributed by atoms with Crippen molar-refractivity contribution in [2.75, 3.05) is 31.3 Å². The molecule has 5 nitrogen and oxygen atoms in total. The van der Waals surface area contributed by atoms with Crippen molar-refractivity contribution in [1.29, 1.82) is 0 Å². The molecule has 2 amide bonds. The normalized spacial score (nSPS) is 15.9. The molecular formula is C21H22Cl2N2O3S. The number of thioether (sulfide) groups is 1. The highest BCUT2D eigenvalue weighted by Gasteiger charge is 2.21. The van der Waals surface area contributed by atoms with Gasteiger partial charge in [0, 0.05) is 24.3 Å². The largest absolute Gasteiger partial charge is 0.377 e. The molecule has 0 aliphatic carbocycles. The summed E-state index contributed by atoms with van der Waals surface area (Å²) in [7, 11) is 1.59. The van der Waals surface area contributed by atoms with Crippen molar-refractivity contribution in [3.63, 3.8) is 0 Å². The Hall–Kier alpha value is -1.73. The molecule has 1 aliphatic rings. The maximum Gasteiger partial charge on any atom is 0.255 e. The molecule has 1 atom stereocenters. The van der Waals surface area contributed by atoms with Gasteiger partial charge in [-0.05, 0) is 37.1 Å². The first-order valence-electron chi connectivity index (χ1n) is 9.28. The van der Waals surface area contributed by atoms with E-state index in [9.17, 15) is 9.59 Å². The molecule has 0 aromatic heterocycles. The van der Waals surface area contributed by atoms with E-state index in [1.165, 1.54) is 4.90 Å². The highest BCUT2D eigenvalue weighted by molar-refractivity contribution is 7.99. The third kappa shape index (κ3) is 5.89. The van der Waals surface area contributed by atoms with Gasteiger partial charge < -0.3 is 15.0 Å². The average molecular weight is 453 g/mol. The van der Waals surface area contributed by atoms with E-state index in [1.807, 2.05) is 18.2 Å². The summed E-state index contributed by atoms with van der Waals surface area (Å²) in [4.78, 5) is 27.6. The van der Waals surface area contributed by atoms with Crippen molar-refractivity contribution < 1.29 is 14.3 Å². The lowest BCUT2D eigenvalue weighted by Crippen LogP contribution is -2.35. The number of rotatable bonds is 7. The maximum absolute atomic E-state index is 12.9. The van der Waals surface area contributed by atoms with E-state index in [2.05, 4.69) is 5.32 Å². The zero-order valence-corrected chi connectivity index (χ0v) is 18.3. The number of carbonyl (C=O) groups is 2. The minimum atomic E-state index is -0.375. The number of ether oxygens (including phenoxy) is 1. The Morgan fingerprint density at radius 1 is 1.17 bits per heavy atom. The quantitative estimate of drug-likeness (QED) is 0.602. The lowest BCUT2D eigenvalue weighted by atomic mass is 10.2. The zero-order chi connectivity index (χ0) is 20.8. The number of hydrogen-bond donors (Lipinski definition) is 1. The molecule has 1 aliphatic heterocycles. The van der Waals surface area contributed by atoms with Gasteiger partial charge >= 0.3 is 0 Å². The number of anilines is 1. The molecule has 2 aromatic rings. The molecule has 0 saturated carbocycles. The number of halogens is 2. The summed E-state index contributed by atoms with van der Waals surface area (Å²) >= 11 is 13.8. The molecule has 0 bridgehead atoms. The third-order valence-electron chi connectivity index (χ3n) is 4.52. The van der Waals surface area contributed by atoms with Crippen LogP contribution >= 0.6 is 35.0 Å². The minimum Gasteiger partial charge on any atom is -0.377 e. The zero-order valence-electron chi connectivity index (χ0n) is 16.0. The first-order valence-corrected chi connectivity index (χ1v) is 11.0. The summed E-state index contributed by atoms with van der Waals surface area (Å²) in [6.45, 7) is 0.685. The number of hydrogen-bond acceptors (Lipinski definition) is 4. The standard InChI is InChI=1S/C21H22Cl2N2O3S/c1-25(12-19(26)24-20-16(22)8-4-9-17(20)23)21(27)15-7-2-3-10-18(15)29-13-14-6-5-11-28-14/h2-4,7-10,14H,5-6,11-13H2,1H3,(H,24,26). The molecule has 1 unspecified atom stereocenters. The van der Waals surface area contributed by atoms with E-state index in [1.54, 1.807) is 43.1 Å². The van der Waals surface area contributed by atoms with Crippen LogP contribution in [0, 0.1) is 0 Å². The minimum absolute atomic E-state index is 0.120. The van der Waals surface area contributed by atoms with Gasteiger partial charge in [0.1, 0.15) is 0 Å². The van der Waals surface area contributed by atoms with Crippen molar-refractivity contribution in [3.05, 3.63) is 58.1 Å². The van der Waals surface area contributed by atoms with Gasteiger partial charge in [-0.15, -0.1) is 11.8 Å². The predicted molar refractivity (Wildman–Crippen MR) is 118 cm³/mol. The predicted octanol–water partition coefficient (Wildman–Crippen LogP) is 4.98. The fraction of sp³-hybridized carbons (Fsp3) is 0.333. The van der Waals surface area contributed by atoms with Crippen LogP contribution in [0.3, 0.4) is 0 Å². The number of likely N-dealkylation sites (N-methyl/N-ethyl adjacent to an activating group) is 1. The smallest absolute Gasteiger partial charge is 0.255 e. The van der Waals surface area contributed by atoms with Crippen LogP contribution in [-0.4, -0.2) is 48.8 Å². The summed E-state index contributed by atoms with van der Waals surface area (Å²) in [6.07, 6.45) is 2.36. The highest BCUT2D eigenvalue weighted by Crippen LogP contribution is 2.30. The van der Waals surface area contributed by atoms with Gasteiger partial charge in [-0.2, -0.15) is 0 Å². The van der Waals surface area contributed by atoms with Crippen LogP contribution < -0.4 is 5.32 Å². The molecule has 1 fully saturated rings. The van der Waals surface area contributed by atoms with Gasteiger partial charge in [-0.1, -0.05) is 41.4 Å². The molecule has 1 saturated heterocycles. The molecule has 29 heavy (non-hydrogen) atoms. The number of carbonyl (C=O) groups excluding carboxylic acids is 2. The molecule has 1 N–H and O–H groups in total. The Morgan fingerprint density at radius 2 is 1.90 bits per heavy atom. The van der Waals surface area contributed by atoms with E-state index in [-0.39, 0.29) is 24.5 Å². The lowest BCUT2D eigenvalue weighted by molar-refractivity contribution is -0.116. The van der Waals surface area contributed by atoms with Crippen molar-refractivity contribution in [3.8, 4) is 0 Å². The van der Waals surface area contributed by atoms with Crippen LogP contribution in [0.15, 0.2) is 47.4 Å². The van der Waals surface area contributed by atoms with Crippen LogP contribution in [0.4, 0.5) is 5.69 Å². The molecule has 2 aromatic carbocycles. The second-order valence-electron chi connectivity index (χ2n) is 6.75. The lowest BCUT2D eigenvalue weighted by Gasteiger charge is -2.19. The van der Waals surface area contributed by atoms with Crippen molar-refractivity contribution in [2.24, 2.45) is 0 Å². The van der Waals surface area contributed by atoms with Crippen molar-refractivity contribution >= 4 is 52.5 Å². The summed E-state index contributed by atoms with van der Waals surface area (Å²) < 4.78 is 5.66. The second kappa shape index (κ2) is 10.3. The van der Waals surface area contributed by atoms with Crippen molar-refractivity contribution in [2.45, 2.75) is 23.8 Å². The average Bonchev–Trinajstić information content (AvgIpc) is 3.22. The van der Waals surface area contributed by atoms with E-state index in [4.69, 9.17) is 27.9 Å². The Bertz CT molecular complexity index is 868. The number of benzene rings is 2. The van der Waals surface area contributed by atoms with E-state index >= 15 is 0 Å². The molecular weight excluding hydrogens is 431 g/mol. The van der Waals surface area contributed by atoms with Crippen LogP contribution in [0.1, 0.15) is 23.2 Å². The van der Waals surface area contributed by atoms with Gasteiger partial charge in [0.25, 0.3) is 5.91 Å². The highest BCUT2D eigenvalue weighted by atomic mass is 35.5. The molecule has 1 heterocycles. The molecule has 0 spiro atoms. The fourth-order valence-electron chi connectivity index (χ4n) is 3.02. The Balaban J connectivity index is 1.63. The van der Waals surface area contributed by atoms with E-state index < -0.39 is 0 Å². The van der Waals surface area contributed by atoms with Crippen molar-refractivity contribution in [1.82, 2.24) is 4.90 Å². The first kappa shape index (κ1) is 22.0. The molecule has 8 heteroatoms. The Morgan fingerprint density at radius 3 is 2.59 bits per heavy atom. The summed E-state index contributed by atoms with van der Waals surface area (Å²) in [5, 5.41) is 3.36. The fourth-order valence-corrected chi connectivity index (χ4v) is 4.62. The summed E-state index contributed by atoms with van der Waals surface area (Å²) in [6, 6.07) is 12.4. The summed E-state index contributed by atoms with van der Waals surface area (Å²) in [5.74, 6) is 0.209. The van der Waals surface area contributed by atoms with Gasteiger partial charge in [-0.25, -0.2) is 0 Å². The molecule has 0 radical (unpaired) electrons. The van der Waals surface area contributed by atoms with Gasteiger partial charge in [0.15, 0.2) is 0 Å². The monoisotopic (exact) mass is 452 g/mol. The molecule has 154 valence electrons. The molecule has 3 rings (SSSR count). The van der Waals surface area contributed by atoms with Gasteiger partial charge in [0.05, 0.1) is 33.9 Å². The van der Waals surface area contributed by atoms with Crippen LogP contribution in [-0.2, 0) is 9.53 Å². The van der Waals surface area contributed by atoms with E-state index in [0.717, 1.165) is 30.1 Å². The van der Waals surface area contributed by atoms with Crippen LogP contribution in [0.25, 0.3) is 0 Å². The van der Waals surface area contributed by atoms with Gasteiger partial charge in [0.2, 0.25) is 5.91 Å². The third-order valence-corrected chi connectivity index (χ3v) is 6.36. The Kier molecular flexibility index (Phi) is 7.84. The number of nitrogens with zero attached hydrogens (tertiary/aromatic N) is 1. The number of amides is 2.